The molecule has 0 aromatic heterocycles. The molecule has 0 atom stereocenters. The van der Waals surface area contributed by atoms with E-state index < -0.39 is 9.84 Å². The quantitative estimate of drug-likeness (QED) is 0.776. The Labute approximate surface area is 127 Å². The fraction of sp³-hybridized carbons (Fsp3) is 0. The Balaban J connectivity index is 2.33. The van der Waals surface area contributed by atoms with Crippen molar-refractivity contribution in [2.75, 3.05) is 0 Å². The Morgan fingerprint density at radius 3 is 2.24 bits per heavy atom. The molecule has 0 heterocycles. The van der Waals surface area contributed by atoms with Gasteiger partial charge in [0, 0.05) is 10.4 Å². The number of phenolic OH excluding ortho intramolecular Hbond substituents is 1. The van der Waals surface area contributed by atoms with Crippen LogP contribution < -0.4 is 0 Å². The van der Waals surface area contributed by atoms with Gasteiger partial charge in [-0.3, -0.25) is 0 Å². The monoisotopic (exact) mass is 318 g/mol. The van der Waals surface area contributed by atoms with Crippen LogP contribution in [0.15, 0.2) is 70.5 Å². The van der Waals surface area contributed by atoms with Gasteiger partial charge >= 0.3 is 0 Å². The second-order valence-electron chi connectivity index (χ2n) is 4.59. The van der Waals surface area contributed by atoms with Gasteiger partial charge in [0.05, 0.1) is 4.90 Å². The van der Waals surface area contributed by atoms with Gasteiger partial charge in [0.2, 0.25) is 9.84 Å². The molecule has 0 saturated heterocycles. The predicted molar refractivity (Wildman–Crippen MR) is 82.5 cm³/mol. The number of fused-ring (bicyclic) bond motifs is 1. The van der Waals surface area contributed by atoms with Crippen LogP contribution in [0.3, 0.4) is 0 Å². The van der Waals surface area contributed by atoms with Gasteiger partial charge in [-0.15, -0.1) is 0 Å². The third-order valence-electron chi connectivity index (χ3n) is 3.25. The van der Waals surface area contributed by atoms with Crippen molar-refractivity contribution in [3.63, 3.8) is 0 Å². The SMILES string of the molecule is O=S(=O)(c1ccc(Cl)cc1)c1c(O)ccc2ccccc12. The van der Waals surface area contributed by atoms with Gasteiger partial charge in [0.25, 0.3) is 0 Å². The Bertz CT molecular complexity index is 916. The molecule has 1 N–H and O–H groups in total. The molecule has 21 heavy (non-hydrogen) atoms. The standard InChI is InChI=1S/C16H11ClO3S/c17-12-6-8-13(9-7-12)21(19,20)16-14-4-2-1-3-11(14)5-10-15(16)18/h1-10,18H. The van der Waals surface area contributed by atoms with Crippen LogP contribution >= 0.6 is 11.6 Å². The number of halogens is 1. The topological polar surface area (TPSA) is 54.4 Å². The van der Waals surface area contributed by atoms with E-state index >= 15 is 0 Å². The molecule has 0 aliphatic rings. The molecule has 106 valence electrons. The lowest BCUT2D eigenvalue weighted by atomic mass is 10.1. The first kappa shape index (κ1) is 13.9. The van der Waals surface area contributed by atoms with Gasteiger partial charge < -0.3 is 5.11 Å². The van der Waals surface area contributed by atoms with E-state index in [4.69, 9.17) is 11.6 Å². The molecule has 0 aliphatic carbocycles. The lowest BCUT2D eigenvalue weighted by Crippen LogP contribution is -2.03. The molecule has 0 saturated carbocycles. The summed E-state index contributed by atoms with van der Waals surface area (Å²) in [7, 11) is -3.82. The number of benzene rings is 3. The molecular weight excluding hydrogens is 308 g/mol. The number of aromatic hydroxyl groups is 1. The summed E-state index contributed by atoms with van der Waals surface area (Å²) in [6.45, 7) is 0. The third-order valence-corrected chi connectivity index (χ3v) is 5.36. The fourth-order valence-electron chi connectivity index (χ4n) is 2.25. The number of phenols is 1. The maximum absolute atomic E-state index is 12.8. The second kappa shape index (κ2) is 5.06. The molecule has 0 bridgehead atoms. The number of rotatable bonds is 2. The summed E-state index contributed by atoms with van der Waals surface area (Å²) >= 11 is 5.79. The molecule has 0 unspecified atom stereocenters. The molecule has 0 fully saturated rings. The van der Waals surface area contributed by atoms with Crippen LogP contribution in [-0.2, 0) is 9.84 Å². The largest absolute Gasteiger partial charge is 0.507 e. The van der Waals surface area contributed by atoms with E-state index in [2.05, 4.69) is 0 Å². The highest BCUT2D eigenvalue weighted by molar-refractivity contribution is 7.91. The average molecular weight is 319 g/mol. The van der Waals surface area contributed by atoms with Gasteiger partial charge in [-0.05, 0) is 35.7 Å². The van der Waals surface area contributed by atoms with Crippen LogP contribution in [-0.4, -0.2) is 13.5 Å². The van der Waals surface area contributed by atoms with Gasteiger partial charge in [-0.2, -0.15) is 0 Å². The summed E-state index contributed by atoms with van der Waals surface area (Å²) in [5, 5.41) is 11.8. The first-order chi connectivity index (χ1) is 10.00. The normalized spacial score (nSPS) is 11.7. The van der Waals surface area contributed by atoms with Crippen molar-refractivity contribution in [2.24, 2.45) is 0 Å². The van der Waals surface area contributed by atoms with Gasteiger partial charge in [0.15, 0.2) is 0 Å². The maximum atomic E-state index is 12.8. The highest BCUT2D eigenvalue weighted by Crippen LogP contribution is 2.35. The minimum Gasteiger partial charge on any atom is -0.507 e. The molecule has 3 rings (SSSR count). The van der Waals surface area contributed by atoms with Crippen LogP contribution in [0.4, 0.5) is 0 Å². The van der Waals surface area contributed by atoms with Crippen LogP contribution in [0.25, 0.3) is 10.8 Å². The summed E-state index contributed by atoms with van der Waals surface area (Å²) in [5.74, 6) is -0.261. The van der Waals surface area contributed by atoms with Gasteiger partial charge in [-0.25, -0.2) is 8.42 Å². The third kappa shape index (κ3) is 2.37. The fourth-order valence-corrected chi connectivity index (χ4v) is 3.92. The zero-order chi connectivity index (χ0) is 15.0. The van der Waals surface area contributed by atoms with Crippen molar-refractivity contribution in [2.45, 2.75) is 9.79 Å². The van der Waals surface area contributed by atoms with Crippen molar-refractivity contribution < 1.29 is 13.5 Å². The van der Waals surface area contributed by atoms with Crippen LogP contribution in [0.2, 0.25) is 5.02 Å². The molecule has 0 radical (unpaired) electrons. The first-order valence-corrected chi connectivity index (χ1v) is 8.07. The minimum atomic E-state index is -3.82. The van der Waals surface area contributed by atoms with Crippen LogP contribution in [0, 0.1) is 0 Å². The van der Waals surface area contributed by atoms with Crippen LogP contribution in [0.5, 0.6) is 5.75 Å². The van der Waals surface area contributed by atoms with E-state index in [0.29, 0.717) is 10.4 Å². The Kier molecular flexibility index (Phi) is 3.35. The van der Waals surface area contributed by atoms with E-state index in [-0.39, 0.29) is 15.5 Å². The predicted octanol–water partition coefficient (Wildman–Crippen LogP) is 4.03. The molecule has 5 heteroatoms. The van der Waals surface area contributed by atoms with Gasteiger partial charge in [-0.1, -0.05) is 41.9 Å². The second-order valence-corrected chi connectivity index (χ2v) is 6.92. The molecule has 0 aliphatic heterocycles. The Morgan fingerprint density at radius 1 is 0.857 bits per heavy atom. The van der Waals surface area contributed by atoms with Crippen molar-refractivity contribution in [1.29, 1.82) is 0 Å². The zero-order valence-corrected chi connectivity index (χ0v) is 12.4. The molecule has 3 nitrogen and oxygen atoms in total. The van der Waals surface area contributed by atoms with E-state index in [1.54, 1.807) is 24.3 Å². The number of sulfone groups is 1. The zero-order valence-electron chi connectivity index (χ0n) is 10.8. The maximum Gasteiger partial charge on any atom is 0.210 e. The summed E-state index contributed by atoms with van der Waals surface area (Å²) in [6, 6.07) is 16.0. The van der Waals surface area contributed by atoms with Crippen LogP contribution in [0.1, 0.15) is 0 Å². The first-order valence-electron chi connectivity index (χ1n) is 6.21. The van der Waals surface area contributed by atoms with Crippen molar-refractivity contribution >= 4 is 32.2 Å². The van der Waals surface area contributed by atoms with E-state index in [1.165, 1.54) is 30.3 Å². The molecular formula is C16H11ClO3S. The Morgan fingerprint density at radius 2 is 1.52 bits per heavy atom. The smallest absolute Gasteiger partial charge is 0.210 e. The minimum absolute atomic E-state index is 0.0806. The lowest BCUT2D eigenvalue weighted by molar-refractivity contribution is 0.460. The van der Waals surface area contributed by atoms with Crippen molar-refractivity contribution in [1.82, 2.24) is 0 Å². The number of hydrogen-bond acceptors (Lipinski definition) is 3. The molecule has 3 aromatic rings. The Hall–Kier alpha value is -2.04. The van der Waals surface area contributed by atoms with Gasteiger partial charge in [0.1, 0.15) is 10.6 Å². The molecule has 3 aromatic carbocycles. The highest BCUT2D eigenvalue weighted by atomic mass is 35.5. The van der Waals surface area contributed by atoms with E-state index in [9.17, 15) is 13.5 Å². The van der Waals surface area contributed by atoms with Crippen molar-refractivity contribution in [3.8, 4) is 5.75 Å². The van der Waals surface area contributed by atoms with Crippen molar-refractivity contribution in [3.05, 3.63) is 65.7 Å². The highest BCUT2D eigenvalue weighted by Gasteiger charge is 2.24. The molecule has 0 spiro atoms. The summed E-state index contributed by atoms with van der Waals surface area (Å²) < 4.78 is 25.6. The van der Waals surface area contributed by atoms with E-state index in [0.717, 1.165) is 5.39 Å². The average Bonchev–Trinajstić information content (AvgIpc) is 2.47. The van der Waals surface area contributed by atoms with E-state index in [1.807, 2.05) is 6.07 Å². The number of hydrogen-bond donors (Lipinski definition) is 1. The lowest BCUT2D eigenvalue weighted by Gasteiger charge is -2.10. The summed E-state index contributed by atoms with van der Waals surface area (Å²) in [4.78, 5) is 0.0153. The summed E-state index contributed by atoms with van der Waals surface area (Å²) in [5.41, 5.74) is 0. The summed E-state index contributed by atoms with van der Waals surface area (Å²) in [6.07, 6.45) is 0. The molecule has 0 amide bonds.